The van der Waals surface area contributed by atoms with Gasteiger partial charge in [0.05, 0.1) is 12.6 Å². The lowest BCUT2D eigenvalue weighted by Gasteiger charge is -2.12. The molecule has 1 unspecified atom stereocenters. The average Bonchev–Trinajstić information content (AvgIpc) is 2.76. The summed E-state index contributed by atoms with van der Waals surface area (Å²) in [5.74, 6) is 0.832. The molecule has 98 valence electrons. The van der Waals surface area contributed by atoms with Gasteiger partial charge in [-0.3, -0.25) is 4.79 Å². The van der Waals surface area contributed by atoms with E-state index in [2.05, 4.69) is 11.4 Å². The predicted octanol–water partition coefficient (Wildman–Crippen LogP) is 1.53. The summed E-state index contributed by atoms with van der Waals surface area (Å²) in [6, 6.07) is 7.97. The quantitative estimate of drug-likeness (QED) is 0.861. The fourth-order valence-corrected chi connectivity index (χ4v) is 1.89. The highest BCUT2D eigenvalue weighted by atomic mass is 16.5. The van der Waals surface area contributed by atoms with Crippen molar-refractivity contribution in [3.63, 3.8) is 0 Å². The van der Waals surface area contributed by atoms with Crippen LogP contribution in [0.15, 0.2) is 24.3 Å². The van der Waals surface area contributed by atoms with E-state index in [1.165, 1.54) is 5.56 Å². The van der Waals surface area contributed by atoms with Crippen LogP contribution in [0.25, 0.3) is 0 Å². The molecule has 1 atom stereocenters. The van der Waals surface area contributed by atoms with Gasteiger partial charge in [0, 0.05) is 6.42 Å². The van der Waals surface area contributed by atoms with Gasteiger partial charge in [-0.25, -0.2) is 0 Å². The molecule has 0 radical (unpaired) electrons. The molecule has 0 aromatic heterocycles. The fraction of sp³-hybridized carbons (Fsp3) is 0.500. The Balaban J connectivity index is 1.72. The lowest BCUT2D eigenvalue weighted by atomic mass is 10.1. The van der Waals surface area contributed by atoms with Crippen molar-refractivity contribution < 1.29 is 14.3 Å². The second kappa shape index (κ2) is 5.87. The van der Waals surface area contributed by atoms with Gasteiger partial charge in [0.15, 0.2) is 0 Å². The summed E-state index contributed by atoms with van der Waals surface area (Å²) in [7, 11) is 0. The van der Waals surface area contributed by atoms with Crippen molar-refractivity contribution in [2.45, 2.75) is 32.5 Å². The summed E-state index contributed by atoms with van der Waals surface area (Å²) in [6.45, 7) is 4.44. The molecule has 1 N–H and O–H groups in total. The van der Waals surface area contributed by atoms with Crippen LogP contribution in [0.5, 0.6) is 5.75 Å². The summed E-state index contributed by atoms with van der Waals surface area (Å²) >= 11 is 0. The summed E-state index contributed by atoms with van der Waals surface area (Å²) in [5.41, 5.74) is 1.20. The number of carbonyl (C=O) groups excluding carboxylic acids is 1. The van der Waals surface area contributed by atoms with E-state index in [0.29, 0.717) is 6.54 Å². The van der Waals surface area contributed by atoms with E-state index in [4.69, 9.17) is 9.47 Å². The number of benzene rings is 1. The van der Waals surface area contributed by atoms with Gasteiger partial charge in [0.1, 0.15) is 18.5 Å². The van der Waals surface area contributed by atoms with Crippen LogP contribution in [-0.2, 0) is 16.0 Å². The predicted molar refractivity (Wildman–Crippen MR) is 68.7 cm³/mol. The first-order valence-electron chi connectivity index (χ1n) is 6.28. The van der Waals surface area contributed by atoms with Crippen molar-refractivity contribution in [2.75, 3.05) is 13.2 Å². The molecule has 0 fully saturated rings. The number of ether oxygens (including phenoxy) is 2. The molecular weight excluding hydrogens is 230 g/mol. The molecule has 4 heteroatoms. The lowest BCUT2D eigenvalue weighted by molar-refractivity contribution is -0.127. The van der Waals surface area contributed by atoms with Crippen LogP contribution < -0.4 is 10.1 Å². The van der Waals surface area contributed by atoms with Crippen LogP contribution in [-0.4, -0.2) is 31.3 Å². The Morgan fingerprint density at radius 1 is 1.50 bits per heavy atom. The number of rotatable bonds is 5. The number of fused-ring (bicyclic) bond motifs is 1. The molecule has 18 heavy (non-hydrogen) atoms. The van der Waals surface area contributed by atoms with Crippen molar-refractivity contribution >= 4 is 5.91 Å². The molecule has 1 aliphatic rings. The number of carbonyl (C=O) groups is 1. The fourth-order valence-electron chi connectivity index (χ4n) is 1.89. The van der Waals surface area contributed by atoms with E-state index in [9.17, 15) is 4.79 Å². The van der Waals surface area contributed by atoms with Crippen molar-refractivity contribution in [2.24, 2.45) is 0 Å². The minimum Gasteiger partial charge on any atom is -0.488 e. The second-order valence-corrected chi connectivity index (χ2v) is 4.72. The first-order chi connectivity index (χ1) is 8.65. The summed E-state index contributed by atoms with van der Waals surface area (Å²) < 4.78 is 11.0. The highest BCUT2D eigenvalue weighted by Crippen LogP contribution is 2.27. The highest BCUT2D eigenvalue weighted by Gasteiger charge is 2.22. The number of hydrogen-bond donors (Lipinski definition) is 1. The lowest BCUT2D eigenvalue weighted by Crippen LogP contribution is -2.36. The standard InChI is InChI=1S/C14H19NO3/c1-10(2)17-9-14(16)15-8-12-7-11-5-3-4-6-13(11)18-12/h3-6,10,12H,7-9H2,1-2H3,(H,15,16). The van der Waals surface area contributed by atoms with Gasteiger partial charge >= 0.3 is 0 Å². The summed E-state index contributed by atoms with van der Waals surface area (Å²) in [6.07, 6.45) is 0.953. The molecule has 0 saturated carbocycles. The Morgan fingerprint density at radius 3 is 3.00 bits per heavy atom. The molecule has 0 saturated heterocycles. The Kier molecular flexibility index (Phi) is 4.20. The van der Waals surface area contributed by atoms with Crippen molar-refractivity contribution in [1.82, 2.24) is 5.32 Å². The second-order valence-electron chi connectivity index (χ2n) is 4.72. The molecule has 1 amide bonds. The SMILES string of the molecule is CC(C)OCC(=O)NCC1Cc2ccccc2O1. The maximum atomic E-state index is 11.5. The molecule has 0 spiro atoms. The van der Waals surface area contributed by atoms with E-state index < -0.39 is 0 Å². The van der Waals surface area contributed by atoms with Gasteiger partial charge in [-0.15, -0.1) is 0 Å². The number of nitrogens with one attached hydrogen (secondary N) is 1. The highest BCUT2D eigenvalue weighted by molar-refractivity contribution is 5.77. The summed E-state index contributed by atoms with van der Waals surface area (Å²) in [4.78, 5) is 11.5. The van der Waals surface area contributed by atoms with Gasteiger partial charge in [-0.05, 0) is 25.5 Å². The number of amides is 1. The Bertz CT molecular complexity index is 392. The van der Waals surface area contributed by atoms with Gasteiger partial charge < -0.3 is 14.8 Å². The van der Waals surface area contributed by atoms with Gasteiger partial charge in [-0.2, -0.15) is 0 Å². The zero-order chi connectivity index (χ0) is 13.0. The Labute approximate surface area is 107 Å². The number of para-hydroxylation sites is 1. The normalized spacial score (nSPS) is 17.4. The Hall–Kier alpha value is -1.55. The molecule has 1 aliphatic heterocycles. The van der Waals surface area contributed by atoms with Crippen molar-refractivity contribution in [1.29, 1.82) is 0 Å². The minimum absolute atomic E-state index is 0.0328. The maximum absolute atomic E-state index is 11.5. The largest absolute Gasteiger partial charge is 0.488 e. The maximum Gasteiger partial charge on any atom is 0.246 e. The van der Waals surface area contributed by atoms with Crippen LogP contribution in [0.2, 0.25) is 0 Å². The Morgan fingerprint density at radius 2 is 2.28 bits per heavy atom. The molecule has 0 bridgehead atoms. The molecule has 4 nitrogen and oxygen atoms in total. The van der Waals surface area contributed by atoms with Crippen molar-refractivity contribution in [3.05, 3.63) is 29.8 Å². The molecule has 1 aromatic carbocycles. The van der Waals surface area contributed by atoms with Gasteiger partial charge in [0.25, 0.3) is 0 Å². The van der Waals surface area contributed by atoms with Crippen LogP contribution >= 0.6 is 0 Å². The van der Waals surface area contributed by atoms with E-state index >= 15 is 0 Å². The van der Waals surface area contributed by atoms with Crippen LogP contribution in [0, 0.1) is 0 Å². The van der Waals surface area contributed by atoms with E-state index in [1.807, 2.05) is 32.0 Å². The van der Waals surface area contributed by atoms with Gasteiger partial charge in [-0.1, -0.05) is 18.2 Å². The average molecular weight is 249 g/mol. The smallest absolute Gasteiger partial charge is 0.246 e. The van der Waals surface area contributed by atoms with Crippen LogP contribution in [0.3, 0.4) is 0 Å². The zero-order valence-corrected chi connectivity index (χ0v) is 10.8. The third-order valence-corrected chi connectivity index (χ3v) is 2.79. The van der Waals surface area contributed by atoms with E-state index in [1.54, 1.807) is 0 Å². The van der Waals surface area contributed by atoms with Crippen LogP contribution in [0.1, 0.15) is 19.4 Å². The van der Waals surface area contributed by atoms with Crippen LogP contribution in [0.4, 0.5) is 0 Å². The monoisotopic (exact) mass is 249 g/mol. The molecular formula is C14H19NO3. The molecule has 2 rings (SSSR count). The van der Waals surface area contributed by atoms with Gasteiger partial charge in [0.2, 0.25) is 5.91 Å². The minimum atomic E-state index is -0.0942. The van der Waals surface area contributed by atoms with Crippen molar-refractivity contribution in [3.8, 4) is 5.75 Å². The van der Waals surface area contributed by atoms with E-state index in [-0.39, 0.29) is 24.7 Å². The topological polar surface area (TPSA) is 47.6 Å². The van der Waals surface area contributed by atoms with E-state index in [0.717, 1.165) is 12.2 Å². The third-order valence-electron chi connectivity index (χ3n) is 2.79. The zero-order valence-electron chi connectivity index (χ0n) is 10.8. The molecule has 0 aliphatic carbocycles. The number of hydrogen-bond acceptors (Lipinski definition) is 3. The summed E-state index contributed by atoms with van der Waals surface area (Å²) in [5, 5.41) is 2.83. The molecule has 1 aromatic rings. The molecule has 1 heterocycles. The third kappa shape index (κ3) is 3.47. The first kappa shape index (κ1) is 12.9. The first-order valence-corrected chi connectivity index (χ1v) is 6.28.